The van der Waals surface area contributed by atoms with Gasteiger partial charge in [-0.3, -0.25) is 9.48 Å². The van der Waals surface area contributed by atoms with Gasteiger partial charge in [-0.15, -0.1) is 0 Å². The van der Waals surface area contributed by atoms with Gasteiger partial charge in [-0.25, -0.2) is 13.2 Å². The number of aromatic nitrogens is 2. The number of rotatable bonds is 7. The van der Waals surface area contributed by atoms with Crippen LogP contribution in [0.25, 0.3) is 0 Å². The van der Waals surface area contributed by atoms with Crippen LogP contribution in [-0.2, 0) is 21.8 Å². The van der Waals surface area contributed by atoms with E-state index in [0.717, 1.165) is 11.4 Å². The third kappa shape index (κ3) is 5.67. The lowest BCUT2D eigenvalue weighted by molar-refractivity contribution is 0.0567. The molecule has 4 rings (SSSR count). The molecule has 0 atom stereocenters. The Hall–Kier alpha value is -3.32. The predicted octanol–water partition coefficient (Wildman–Crippen LogP) is 1.24. The van der Waals surface area contributed by atoms with Crippen LogP contribution in [0.2, 0.25) is 0 Å². The summed E-state index contributed by atoms with van der Waals surface area (Å²) in [7, 11) is -2.41. The van der Waals surface area contributed by atoms with Crippen molar-refractivity contribution in [1.29, 1.82) is 0 Å². The van der Waals surface area contributed by atoms with Gasteiger partial charge in [0.25, 0.3) is 15.9 Å². The van der Waals surface area contributed by atoms with Gasteiger partial charge in [0.1, 0.15) is 5.75 Å². The van der Waals surface area contributed by atoms with Crippen molar-refractivity contribution in [2.75, 3.05) is 70.5 Å². The van der Waals surface area contributed by atoms with Crippen LogP contribution in [0.1, 0.15) is 24.2 Å². The van der Waals surface area contributed by atoms with E-state index in [1.807, 2.05) is 31.2 Å². The summed E-state index contributed by atoms with van der Waals surface area (Å²) in [5.41, 5.74) is 0.966. The van der Waals surface area contributed by atoms with Crippen molar-refractivity contribution in [2.45, 2.75) is 18.9 Å². The molecule has 2 fully saturated rings. The van der Waals surface area contributed by atoms with Crippen LogP contribution < -0.4 is 9.64 Å². The molecular formula is C24H34N6O6S. The third-order valence-corrected chi connectivity index (χ3v) is 8.28. The molecular weight excluding hydrogens is 500 g/mol. The molecule has 0 aliphatic carbocycles. The minimum absolute atomic E-state index is 0.0382. The summed E-state index contributed by atoms with van der Waals surface area (Å²) in [5, 5.41) is 3.94. The summed E-state index contributed by atoms with van der Waals surface area (Å²) in [4.78, 5) is 30.5. The quantitative estimate of drug-likeness (QED) is 0.521. The first-order valence-corrected chi connectivity index (χ1v) is 13.9. The summed E-state index contributed by atoms with van der Waals surface area (Å²) in [5.74, 6) is 0.349. The zero-order chi connectivity index (χ0) is 26.6. The molecule has 13 heteroatoms. The first-order chi connectivity index (χ1) is 17.8. The van der Waals surface area contributed by atoms with Gasteiger partial charge in [-0.05, 0) is 26.0 Å². The number of amides is 2. The van der Waals surface area contributed by atoms with Crippen molar-refractivity contribution in [3.05, 3.63) is 36.0 Å². The van der Waals surface area contributed by atoms with Crippen molar-refractivity contribution in [3.63, 3.8) is 0 Å². The highest BCUT2D eigenvalue weighted by atomic mass is 32.2. The molecule has 202 valence electrons. The number of carbonyl (C=O) groups excluding carboxylic acids is 2. The lowest BCUT2D eigenvalue weighted by atomic mass is 10.2. The Morgan fingerprint density at radius 3 is 2.22 bits per heavy atom. The highest BCUT2D eigenvalue weighted by Crippen LogP contribution is 2.30. The van der Waals surface area contributed by atoms with E-state index in [-0.39, 0.29) is 43.4 Å². The number of piperazine rings is 2. The molecule has 2 aromatic rings. The number of hydrogen-bond acceptors (Lipinski definition) is 8. The van der Waals surface area contributed by atoms with Crippen LogP contribution in [0.4, 0.5) is 10.5 Å². The lowest BCUT2D eigenvalue weighted by Crippen LogP contribution is -2.51. The van der Waals surface area contributed by atoms with Gasteiger partial charge < -0.3 is 24.2 Å². The Morgan fingerprint density at radius 1 is 0.919 bits per heavy atom. The number of aryl methyl sites for hydroxylation is 1. The summed E-state index contributed by atoms with van der Waals surface area (Å²) in [6.07, 6.45) is 1.03. The molecule has 2 aliphatic heterocycles. The Kier molecular flexibility index (Phi) is 8.22. The number of hydrogen-bond donors (Lipinski definition) is 0. The topological polar surface area (TPSA) is 118 Å². The maximum Gasteiger partial charge on any atom is 0.409 e. The van der Waals surface area contributed by atoms with E-state index in [1.54, 1.807) is 18.9 Å². The zero-order valence-electron chi connectivity index (χ0n) is 21.5. The van der Waals surface area contributed by atoms with E-state index >= 15 is 0 Å². The number of carbonyl (C=O) groups is 2. The van der Waals surface area contributed by atoms with Crippen LogP contribution in [0.15, 0.2) is 35.5 Å². The van der Waals surface area contributed by atoms with E-state index in [1.165, 1.54) is 20.1 Å². The Morgan fingerprint density at radius 2 is 1.57 bits per heavy atom. The maximum absolute atomic E-state index is 13.6. The fraction of sp³-hybridized carbons (Fsp3) is 0.542. The summed E-state index contributed by atoms with van der Waals surface area (Å²) >= 11 is 0. The van der Waals surface area contributed by atoms with Crippen LogP contribution in [-0.4, -0.2) is 110 Å². The van der Waals surface area contributed by atoms with Crippen LogP contribution in [0.5, 0.6) is 5.75 Å². The molecule has 3 heterocycles. The lowest BCUT2D eigenvalue weighted by Gasteiger charge is -2.36. The first-order valence-electron chi connectivity index (χ1n) is 12.5. The fourth-order valence-electron chi connectivity index (χ4n) is 4.57. The van der Waals surface area contributed by atoms with Crippen LogP contribution in [0.3, 0.4) is 0 Å². The molecule has 0 spiro atoms. The monoisotopic (exact) mass is 534 g/mol. The molecule has 1 aromatic heterocycles. The molecule has 0 unspecified atom stereocenters. The number of nitrogens with zero attached hydrogens (tertiary/aromatic N) is 6. The van der Waals surface area contributed by atoms with Crippen LogP contribution >= 0.6 is 0 Å². The van der Waals surface area contributed by atoms with Crippen molar-refractivity contribution < 1.29 is 27.5 Å². The van der Waals surface area contributed by atoms with Gasteiger partial charge in [0.2, 0.25) is 5.03 Å². The van der Waals surface area contributed by atoms with Gasteiger partial charge in [-0.2, -0.15) is 9.40 Å². The highest BCUT2D eigenvalue weighted by molar-refractivity contribution is 7.89. The SMILES string of the molecule is CCOC(=O)N1CCN(C(=O)c2cn(C)nc2S(=O)(=O)N2CCN(c3ccccc3OCC)CC2)CC1. The standard InChI is InChI=1S/C24H34N6O6S/c1-4-35-21-9-7-6-8-20(21)27-14-16-30(17-15-27)37(33,34)22-19(18-26(3)25-22)23(31)28-10-12-29(13-11-28)24(32)36-5-2/h6-9,18H,4-5,10-17H2,1-3H3. The average molecular weight is 535 g/mol. The minimum Gasteiger partial charge on any atom is -0.492 e. The first kappa shape index (κ1) is 26.7. The maximum atomic E-state index is 13.6. The smallest absolute Gasteiger partial charge is 0.409 e. The molecule has 2 saturated heterocycles. The number of anilines is 1. The second kappa shape index (κ2) is 11.4. The largest absolute Gasteiger partial charge is 0.492 e. The predicted molar refractivity (Wildman–Crippen MR) is 136 cm³/mol. The average Bonchev–Trinajstić information content (AvgIpc) is 3.31. The molecule has 0 bridgehead atoms. The summed E-state index contributed by atoms with van der Waals surface area (Å²) in [6.45, 7) is 7.15. The normalized spacial score (nSPS) is 17.1. The van der Waals surface area contributed by atoms with Crippen LogP contribution in [0, 0.1) is 0 Å². The zero-order valence-corrected chi connectivity index (χ0v) is 22.3. The molecule has 2 aliphatic rings. The molecule has 0 N–H and O–H groups in total. The second-order valence-corrected chi connectivity index (χ2v) is 10.6. The van der Waals surface area contributed by atoms with Gasteiger partial charge in [0.15, 0.2) is 0 Å². The third-order valence-electron chi connectivity index (χ3n) is 6.45. The highest BCUT2D eigenvalue weighted by Gasteiger charge is 2.37. The van der Waals surface area contributed by atoms with E-state index in [2.05, 4.69) is 10.00 Å². The minimum atomic E-state index is -4.00. The van der Waals surface area contributed by atoms with E-state index in [4.69, 9.17) is 9.47 Å². The number of para-hydroxylation sites is 2. The number of sulfonamides is 1. The number of ether oxygens (including phenoxy) is 2. The molecule has 0 radical (unpaired) electrons. The number of benzene rings is 1. The fourth-order valence-corrected chi connectivity index (χ4v) is 6.11. The molecule has 2 amide bonds. The molecule has 0 saturated carbocycles. The Labute approximate surface area is 217 Å². The van der Waals surface area contributed by atoms with Gasteiger partial charge in [-0.1, -0.05) is 12.1 Å². The molecule has 1 aromatic carbocycles. The van der Waals surface area contributed by atoms with Gasteiger partial charge in [0.05, 0.1) is 24.5 Å². The van der Waals surface area contributed by atoms with E-state index in [9.17, 15) is 18.0 Å². The van der Waals surface area contributed by atoms with Crippen molar-refractivity contribution in [1.82, 2.24) is 23.9 Å². The summed E-state index contributed by atoms with van der Waals surface area (Å²) < 4.78 is 40.7. The Bertz CT molecular complexity index is 1220. The Balaban J connectivity index is 1.46. The van der Waals surface area contributed by atoms with Gasteiger partial charge in [0, 0.05) is 65.6 Å². The van der Waals surface area contributed by atoms with E-state index in [0.29, 0.717) is 32.8 Å². The van der Waals surface area contributed by atoms with Crippen molar-refractivity contribution in [2.24, 2.45) is 7.05 Å². The van der Waals surface area contributed by atoms with Gasteiger partial charge >= 0.3 is 6.09 Å². The summed E-state index contributed by atoms with van der Waals surface area (Å²) in [6, 6.07) is 7.71. The van der Waals surface area contributed by atoms with Crippen molar-refractivity contribution >= 4 is 27.7 Å². The van der Waals surface area contributed by atoms with Crippen molar-refractivity contribution in [3.8, 4) is 5.75 Å². The molecule has 37 heavy (non-hydrogen) atoms. The van der Waals surface area contributed by atoms with E-state index < -0.39 is 22.0 Å². The molecule has 12 nitrogen and oxygen atoms in total. The second-order valence-electron chi connectivity index (χ2n) is 8.79.